The van der Waals surface area contributed by atoms with Gasteiger partial charge in [0.2, 0.25) is 11.1 Å². The van der Waals surface area contributed by atoms with Crippen molar-refractivity contribution in [3.05, 3.63) is 63.2 Å². The number of hydrogen-bond acceptors (Lipinski definition) is 7. The Balaban J connectivity index is 1.68. The monoisotopic (exact) mass is 418 g/mol. The number of rotatable bonds is 6. The molecule has 0 atom stereocenters. The number of halogens is 1. The number of non-ortho nitro benzene ring substituents is 1. The first-order valence-corrected chi connectivity index (χ1v) is 9.36. The summed E-state index contributed by atoms with van der Waals surface area (Å²) in [5.41, 5.74) is 1.63. The molecule has 3 N–H and O–H groups in total. The molecule has 0 unspecified atom stereocenters. The normalized spacial score (nSPS) is 10.6. The van der Waals surface area contributed by atoms with E-state index in [1.807, 2.05) is 0 Å². The van der Waals surface area contributed by atoms with Gasteiger partial charge in [0.25, 0.3) is 5.69 Å². The molecule has 0 saturated carbocycles. The zero-order valence-corrected chi connectivity index (χ0v) is 16.2. The van der Waals surface area contributed by atoms with Gasteiger partial charge in [-0.1, -0.05) is 41.6 Å². The number of nitrogens with one attached hydrogen (secondary N) is 1. The largest absolute Gasteiger partial charge is 0.335 e. The number of carbonyl (C=O) groups excluding carboxylic acids is 1. The third kappa shape index (κ3) is 4.24. The molecule has 0 aliphatic carbocycles. The van der Waals surface area contributed by atoms with Gasteiger partial charge in [-0.2, -0.15) is 0 Å². The zero-order valence-electron chi connectivity index (χ0n) is 14.6. The van der Waals surface area contributed by atoms with E-state index in [-0.39, 0.29) is 17.3 Å². The number of nitro groups is 1. The summed E-state index contributed by atoms with van der Waals surface area (Å²) in [5.74, 6) is 6.05. The summed E-state index contributed by atoms with van der Waals surface area (Å²) >= 11 is 7.24. The third-order valence-electron chi connectivity index (χ3n) is 3.82. The predicted molar refractivity (Wildman–Crippen MR) is 108 cm³/mol. The summed E-state index contributed by atoms with van der Waals surface area (Å²) in [7, 11) is 0. The van der Waals surface area contributed by atoms with E-state index in [2.05, 4.69) is 15.5 Å². The lowest BCUT2D eigenvalue weighted by molar-refractivity contribution is -0.384. The SMILES string of the molecule is Cc1ccc([N+](=O)[O-])cc1NC(=O)CSc1nnc(-c2ccccc2Cl)n1N. The summed E-state index contributed by atoms with van der Waals surface area (Å²) in [6, 6.07) is 11.4. The van der Waals surface area contributed by atoms with Crippen LogP contribution in [-0.2, 0) is 4.79 Å². The van der Waals surface area contributed by atoms with Gasteiger partial charge >= 0.3 is 0 Å². The second-order valence-electron chi connectivity index (χ2n) is 5.75. The van der Waals surface area contributed by atoms with Crippen LogP contribution in [0.2, 0.25) is 5.02 Å². The molecule has 144 valence electrons. The van der Waals surface area contributed by atoms with E-state index < -0.39 is 4.92 Å². The fourth-order valence-corrected chi connectivity index (χ4v) is 3.25. The average Bonchev–Trinajstić information content (AvgIpc) is 3.02. The topological polar surface area (TPSA) is 129 Å². The van der Waals surface area contributed by atoms with Gasteiger partial charge in [-0.3, -0.25) is 14.9 Å². The van der Waals surface area contributed by atoms with Crippen LogP contribution in [0.15, 0.2) is 47.6 Å². The molecule has 0 fully saturated rings. The number of benzene rings is 2. The van der Waals surface area contributed by atoms with Gasteiger partial charge in [0.05, 0.1) is 21.4 Å². The van der Waals surface area contributed by atoms with E-state index in [1.165, 1.54) is 16.8 Å². The van der Waals surface area contributed by atoms with Crippen LogP contribution in [0.1, 0.15) is 5.56 Å². The number of aromatic nitrogens is 3. The maximum absolute atomic E-state index is 12.2. The second kappa shape index (κ2) is 8.28. The first-order chi connectivity index (χ1) is 13.4. The average molecular weight is 419 g/mol. The lowest BCUT2D eigenvalue weighted by Crippen LogP contribution is -2.17. The minimum absolute atomic E-state index is 0.0000128. The number of hydrogen-bond donors (Lipinski definition) is 2. The highest BCUT2D eigenvalue weighted by Gasteiger charge is 2.16. The van der Waals surface area contributed by atoms with E-state index in [4.69, 9.17) is 17.4 Å². The fourth-order valence-electron chi connectivity index (χ4n) is 2.38. The van der Waals surface area contributed by atoms with Gasteiger partial charge < -0.3 is 11.2 Å². The van der Waals surface area contributed by atoms with E-state index in [9.17, 15) is 14.9 Å². The Kier molecular flexibility index (Phi) is 5.81. The van der Waals surface area contributed by atoms with Crippen molar-refractivity contribution in [2.75, 3.05) is 16.9 Å². The van der Waals surface area contributed by atoms with E-state index in [0.717, 1.165) is 11.8 Å². The van der Waals surface area contributed by atoms with Crippen molar-refractivity contribution >= 4 is 40.6 Å². The number of aryl methyl sites for hydroxylation is 1. The van der Waals surface area contributed by atoms with Crippen molar-refractivity contribution in [1.29, 1.82) is 0 Å². The fraction of sp³-hybridized carbons (Fsp3) is 0.118. The molecule has 0 bridgehead atoms. The summed E-state index contributed by atoms with van der Waals surface area (Å²) < 4.78 is 1.26. The number of nitrogen functional groups attached to an aromatic ring is 1. The Morgan fingerprint density at radius 3 is 2.79 bits per heavy atom. The van der Waals surface area contributed by atoms with E-state index in [0.29, 0.717) is 32.8 Å². The van der Waals surface area contributed by atoms with Crippen molar-refractivity contribution in [2.24, 2.45) is 0 Å². The zero-order chi connectivity index (χ0) is 20.3. The van der Waals surface area contributed by atoms with Crippen molar-refractivity contribution < 1.29 is 9.72 Å². The smallest absolute Gasteiger partial charge is 0.271 e. The highest BCUT2D eigenvalue weighted by atomic mass is 35.5. The molecule has 11 heteroatoms. The third-order valence-corrected chi connectivity index (χ3v) is 5.09. The van der Waals surface area contributed by atoms with Gasteiger partial charge in [0.1, 0.15) is 0 Å². The minimum atomic E-state index is -0.517. The molecule has 1 amide bonds. The Bertz CT molecular complexity index is 1060. The number of amides is 1. The summed E-state index contributed by atoms with van der Waals surface area (Å²) in [5, 5.41) is 22.4. The molecule has 0 aliphatic rings. The highest BCUT2D eigenvalue weighted by Crippen LogP contribution is 2.28. The molecule has 3 rings (SSSR count). The van der Waals surface area contributed by atoms with Gasteiger partial charge in [0.15, 0.2) is 5.82 Å². The Morgan fingerprint density at radius 2 is 2.07 bits per heavy atom. The van der Waals surface area contributed by atoms with Gasteiger partial charge in [-0.25, -0.2) is 4.68 Å². The number of carbonyl (C=O) groups is 1. The summed E-state index contributed by atoms with van der Waals surface area (Å²) in [4.78, 5) is 22.6. The molecule has 28 heavy (non-hydrogen) atoms. The molecular weight excluding hydrogens is 404 g/mol. The van der Waals surface area contributed by atoms with Crippen LogP contribution in [0, 0.1) is 17.0 Å². The molecular formula is C17H15ClN6O3S. The molecule has 9 nitrogen and oxygen atoms in total. The van der Waals surface area contributed by atoms with Crippen LogP contribution in [0.25, 0.3) is 11.4 Å². The van der Waals surface area contributed by atoms with Crippen LogP contribution < -0.4 is 11.2 Å². The molecule has 1 aromatic heterocycles. The number of nitrogens with zero attached hydrogens (tertiary/aromatic N) is 4. The van der Waals surface area contributed by atoms with Crippen LogP contribution in [0.5, 0.6) is 0 Å². The van der Waals surface area contributed by atoms with Crippen LogP contribution in [0.4, 0.5) is 11.4 Å². The first kappa shape index (κ1) is 19.6. The standard InChI is InChI=1S/C17H15ClN6O3S/c1-10-6-7-11(24(26)27)8-14(10)20-15(25)9-28-17-22-21-16(23(17)19)12-4-2-3-5-13(12)18/h2-8H,9,19H2,1H3,(H,20,25). The van der Waals surface area contributed by atoms with Crippen LogP contribution >= 0.6 is 23.4 Å². The van der Waals surface area contributed by atoms with Crippen molar-refractivity contribution in [2.45, 2.75) is 12.1 Å². The quantitative estimate of drug-likeness (QED) is 0.272. The van der Waals surface area contributed by atoms with Crippen LogP contribution in [0.3, 0.4) is 0 Å². The molecule has 0 radical (unpaired) electrons. The van der Waals surface area contributed by atoms with E-state index in [1.54, 1.807) is 37.3 Å². The Hall–Kier alpha value is -3.11. The van der Waals surface area contributed by atoms with Crippen molar-refractivity contribution in [3.8, 4) is 11.4 Å². The number of nitrogens with two attached hydrogens (primary N) is 1. The first-order valence-electron chi connectivity index (χ1n) is 8.00. The predicted octanol–water partition coefficient (Wildman–Crippen LogP) is 3.26. The van der Waals surface area contributed by atoms with Gasteiger partial charge in [-0.05, 0) is 24.6 Å². The molecule has 1 heterocycles. The van der Waals surface area contributed by atoms with Gasteiger partial charge in [-0.15, -0.1) is 10.2 Å². The van der Waals surface area contributed by atoms with E-state index >= 15 is 0 Å². The maximum atomic E-state index is 12.2. The lowest BCUT2D eigenvalue weighted by atomic mass is 10.2. The Morgan fingerprint density at radius 1 is 1.32 bits per heavy atom. The molecule has 3 aromatic rings. The summed E-state index contributed by atoms with van der Waals surface area (Å²) in [6.07, 6.45) is 0. The highest BCUT2D eigenvalue weighted by molar-refractivity contribution is 7.99. The molecule has 0 spiro atoms. The molecule has 0 saturated heterocycles. The molecule has 0 aliphatic heterocycles. The number of nitro benzene ring substituents is 1. The second-order valence-corrected chi connectivity index (χ2v) is 7.10. The van der Waals surface area contributed by atoms with Crippen LogP contribution in [-0.4, -0.2) is 31.5 Å². The maximum Gasteiger partial charge on any atom is 0.271 e. The Labute approximate surface area is 169 Å². The van der Waals surface area contributed by atoms with Crippen molar-refractivity contribution in [1.82, 2.24) is 14.9 Å². The van der Waals surface area contributed by atoms with Crippen molar-refractivity contribution in [3.63, 3.8) is 0 Å². The summed E-state index contributed by atoms with van der Waals surface area (Å²) in [6.45, 7) is 1.75. The number of anilines is 1. The minimum Gasteiger partial charge on any atom is -0.335 e. The lowest BCUT2D eigenvalue weighted by Gasteiger charge is -2.08. The number of thioether (sulfide) groups is 1. The van der Waals surface area contributed by atoms with Gasteiger partial charge in [0, 0.05) is 17.7 Å². The molecule has 2 aromatic carbocycles.